The van der Waals surface area contributed by atoms with Crippen molar-refractivity contribution in [2.75, 3.05) is 31.3 Å². The van der Waals surface area contributed by atoms with Crippen molar-refractivity contribution in [3.05, 3.63) is 59.1 Å². The summed E-state index contributed by atoms with van der Waals surface area (Å²) in [6, 6.07) is 12.4. The number of rotatable bonds is 9. The maximum Gasteiger partial charge on any atom is 0.244 e. The van der Waals surface area contributed by atoms with Gasteiger partial charge in [-0.2, -0.15) is 0 Å². The van der Waals surface area contributed by atoms with Crippen LogP contribution in [0.25, 0.3) is 0 Å². The standard InChI is InChI=1S/C21H26ClN3O5S/c1-15(21(27)23-2)24(13-16-6-5-7-17(22)12-16)20(26)14-25(31(4,28)29)18-8-10-19(30-3)11-9-18/h5-12,15H,13-14H2,1-4H3,(H,23,27)/t15-/m0/s1. The summed E-state index contributed by atoms with van der Waals surface area (Å²) in [6.07, 6.45) is 1.02. The predicted octanol–water partition coefficient (Wildman–Crippen LogP) is 2.28. The van der Waals surface area contributed by atoms with E-state index < -0.39 is 28.5 Å². The lowest BCUT2D eigenvalue weighted by Gasteiger charge is -2.31. The molecular formula is C21H26ClN3O5S. The van der Waals surface area contributed by atoms with Gasteiger partial charge in [0.2, 0.25) is 21.8 Å². The Morgan fingerprint density at radius 1 is 1.16 bits per heavy atom. The van der Waals surface area contributed by atoms with E-state index in [0.29, 0.717) is 22.0 Å². The molecule has 0 aliphatic heterocycles. The van der Waals surface area contributed by atoms with Crippen molar-refractivity contribution in [2.24, 2.45) is 0 Å². The van der Waals surface area contributed by atoms with E-state index >= 15 is 0 Å². The van der Waals surface area contributed by atoms with Crippen LogP contribution in [0, 0.1) is 0 Å². The minimum absolute atomic E-state index is 0.0915. The highest BCUT2D eigenvalue weighted by Gasteiger charge is 2.29. The molecule has 0 radical (unpaired) electrons. The number of methoxy groups -OCH3 is 1. The van der Waals surface area contributed by atoms with E-state index in [4.69, 9.17) is 16.3 Å². The number of hydrogen-bond donors (Lipinski definition) is 1. The number of nitrogens with one attached hydrogen (secondary N) is 1. The largest absolute Gasteiger partial charge is 0.497 e. The number of nitrogens with zero attached hydrogens (tertiary/aromatic N) is 2. The highest BCUT2D eigenvalue weighted by Crippen LogP contribution is 2.22. The minimum atomic E-state index is -3.77. The Labute approximate surface area is 187 Å². The molecule has 0 saturated carbocycles. The van der Waals surface area contributed by atoms with Crippen LogP contribution in [-0.2, 0) is 26.2 Å². The van der Waals surface area contributed by atoms with Crippen molar-refractivity contribution in [2.45, 2.75) is 19.5 Å². The van der Waals surface area contributed by atoms with Crippen molar-refractivity contribution in [1.82, 2.24) is 10.2 Å². The fraction of sp³-hybridized carbons (Fsp3) is 0.333. The fourth-order valence-electron chi connectivity index (χ4n) is 2.99. The Bertz CT molecular complexity index is 1030. The maximum atomic E-state index is 13.2. The predicted molar refractivity (Wildman–Crippen MR) is 121 cm³/mol. The zero-order valence-corrected chi connectivity index (χ0v) is 19.4. The first-order valence-electron chi connectivity index (χ1n) is 9.44. The van der Waals surface area contributed by atoms with E-state index in [1.807, 2.05) is 0 Å². The molecule has 0 saturated heterocycles. The van der Waals surface area contributed by atoms with Gasteiger partial charge in [-0.15, -0.1) is 0 Å². The second-order valence-electron chi connectivity index (χ2n) is 6.91. The lowest BCUT2D eigenvalue weighted by atomic mass is 10.1. The van der Waals surface area contributed by atoms with Gasteiger partial charge in [-0.1, -0.05) is 23.7 Å². The number of carbonyl (C=O) groups is 2. The molecule has 1 N–H and O–H groups in total. The Kier molecular flexibility index (Phi) is 8.29. The van der Waals surface area contributed by atoms with Crippen LogP contribution in [-0.4, -0.2) is 58.1 Å². The average Bonchev–Trinajstić information content (AvgIpc) is 2.74. The van der Waals surface area contributed by atoms with E-state index in [1.165, 1.54) is 19.1 Å². The minimum Gasteiger partial charge on any atom is -0.497 e. The van der Waals surface area contributed by atoms with Gasteiger partial charge in [0, 0.05) is 18.6 Å². The van der Waals surface area contributed by atoms with Crippen LogP contribution >= 0.6 is 11.6 Å². The zero-order chi connectivity index (χ0) is 23.2. The molecule has 1 atom stereocenters. The summed E-state index contributed by atoms with van der Waals surface area (Å²) >= 11 is 6.05. The Hall–Kier alpha value is -2.78. The molecule has 2 aromatic rings. The van der Waals surface area contributed by atoms with Gasteiger partial charge in [0.15, 0.2) is 0 Å². The van der Waals surface area contributed by atoms with E-state index in [0.717, 1.165) is 10.6 Å². The smallest absolute Gasteiger partial charge is 0.244 e. The van der Waals surface area contributed by atoms with Crippen LogP contribution in [0.3, 0.4) is 0 Å². The first-order valence-corrected chi connectivity index (χ1v) is 11.7. The fourth-order valence-corrected chi connectivity index (χ4v) is 4.05. The quantitative estimate of drug-likeness (QED) is 0.610. The van der Waals surface area contributed by atoms with Crippen molar-refractivity contribution in [3.8, 4) is 5.75 Å². The van der Waals surface area contributed by atoms with Crippen LogP contribution < -0.4 is 14.4 Å². The molecule has 0 aromatic heterocycles. The number of halogens is 1. The highest BCUT2D eigenvalue weighted by molar-refractivity contribution is 7.92. The summed E-state index contributed by atoms with van der Waals surface area (Å²) < 4.78 is 31.0. The van der Waals surface area contributed by atoms with Gasteiger partial charge < -0.3 is 15.0 Å². The molecule has 0 aliphatic rings. The topological polar surface area (TPSA) is 96.0 Å². The molecule has 10 heteroatoms. The summed E-state index contributed by atoms with van der Waals surface area (Å²) in [5.74, 6) is -0.345. The molecule has 2 amide bonds. The molecule has 0 bridgehead atoms. The third-order valence-corrected chi connectivity index (χ3v) is 6.07. The normalized spacial score (nSPS) is 12.0. The molecule has 2 aromatic carbocycles. The Balaban J connectivity index is 2.36. The molecule has 0 unspecified atom stereocenters. The van der Waals surface area contributed by atoms with Gasteiger partial charge in [-0.3, -0.25) is 13.9 Å². The van der Waals surface area contributed by atoms with E-state index in [2.05, 4.69) is 5.32 Å². The molecule has 8 nitrogen and oxygen atoms in total. The monoisotopic (exact) mass is 467 g/mol. The van der Waals surface area contributed by atoms with E-state index in [1.54, 1.807) is 55.5 Å². The van der Waals surface area contributed by atoms with Gasteiger partial charge in [0.25, 0.3) is 0 Å². The Morgan fingerprint density at radius 3 is 2.32 bits per heavy atom. The van der Waals surface area contributed by atoms with Crippen LogP contribution in [0.1, 0.15) is 12.5 Å². The summed E-state index contributed by atoms with van der Waals surface area (Å²) in [5.41, 5.74) is 1.03. The number of ether oxygens (including phenoxy) is 1. The first kappa shape index (κ1) is 24.5. The molecule has 2 rings (SSSR count). The van der Waals surface area contributed by atoms with E-state index in [9.17, 15) is 18.0 Å². The number of sulfonamides is 1. The van der Waals surface area contributed by atoms with Crippen molar-refractivity contribution in [3.63, 3.8) is 0 Å². The van der Waals surface area contributed by atoms with Crippen LogP contribution in [0.4, 0.5) is 5.69 Å². The lowest BCUT2D eigenvalue weighted by Crippen LogP contribution is -2.50. The van der Waals surface area contributed by atoms with Gasteiger partial charge >= 0.3 is 0 Å². The third kappa shape index (κ3) is 6.60. The van der Waals surface area contributed by atoms with Gasteiger partial charge in [0.1, 0.15) is 18.3 Å². The zero-order valence-electron chi connectivity index (χ0n) is 17.8. The first-order chi connectivity index (χ1) is 14.6. The molecule has 0 aliphatic carbocycles. The second-order valence-corrected chi connectivity index (χ2v) is 9.25. The van der Waals surface area contributed by atoms with E-state index in [-0.39, 0.29) is 12.5 Å². The number of likely N-dealkylation sites (N-methyl/N-ethyl adjacent to an activating group) is 1. The van der Waals surface area contributed by atoms with Gasteiger partial charge in [0.05, 0.1) is 19.1 Å². The average molecular weight is 468 g/mol. The number of carbonyl (C=O) groups excluding carboxylic acids is 2. The summed E-state index contributed by atoms with van der Waals surface area (Å²) in [6.45, 7) is 1.21. The molecule has 0 spiro atoms. The number of hydrogen-bond acceptors (Lipinski definition) is 5. The molecule has 168 valence electrons. The molecule has 0 fully saturated rings. The number of anilines is 1. The van der Waals surface area contributed by atoms with Crippen molar-refractivity contribution < 1.29 is 22.7 Å². The Morgan fingerprint density at radius 2 is 1.81 bits per heavy atom. The third-order valence-electron chi connectivity index (χ3n) is 4.70. The molecule has 0 heterocycles. The maximum absolute atomic E-state index is 13.2. The summed E-state index contributed by atoms with van der Waals surface area (Å²) in [4.78, 5) is 26.8. The second kappa shape index (κ2) is 10.5. The van der Waals surface area contributed by atoms with Crippen molar-refractivity contribution in [1.29, 1.82) is 0 Å². The van der Waals surface area contributed by atoms with Crippen LogP contribution in [0.5, 0.6) is 5.75 Å². The van der Waals surface area contributed by atoms with Gasteiger partial charge in [-0.05, 0) is 48.9 Å². The van der Waals surface area contributed by atoms with Crippen molar-refractivity contribution >= 4 is 39.1 Å². The lowest BCUT2D eigenvalue weighted by molar-refractivity contribution is -0.139. The summed E-state index contributed by atoms with van der Waals surface area (Å²) in [5, 5.41) is 3.01. The molecular weight excluding hydrogens is 442 g/mol. The number of amides is 2. The number of benzene rings is 2. The summed E-state index contributed by atoms with van der Waals surface area (Å²) in [7, 11) is -0.800. The molecule has 31 heavy (non-hydrogen) atoms. The highest BCUT2D eigenvalue weighted by atomic mass is 35.5. The van der Waals surface area contributed by atoms with Crippen LogP contribution in [0.2, 0.25) is 5.02 Å². The SMILES string of the molecule is CNC(=O)[C@H](C)N(Cc1cccc(Cl)c1)C(=O)CN(c1ccc(OC)cc1)S(C)(=O)=O. The van der Waals surface area contributed by atoms with Gasteiger partial charge in [-0.25, -0.2) is 8.42 Å². The van der Waals surface area contributed by atoms with Crippen LogP contribution in [0.15, 0.2) is 48.5 Å².